The zero-order valence-electron chi connectivity index (χ0n) is 12.2. The number of rotatable bonds is 13. The average molecular weight is 323 g/mol. The predicted octanol–water partition coefficient (Wildman–Crippen LogP) is 4.88. The van der Waals surface area contributed by atoms with Crippen LogP contribution in [0.3, 0.4) is 0 Å². The van der Waals surface area contributed by atoms with Crippen LogP contribution < -0.4 is 0 Å². The van der Waals surface area contributed by atoms with Crippen molar-refractivity contribution in [3.05, 3.63) is 0 Å². The summed E-state index contributed by atoms with van der Waals surface area (Å²) in [4.78, 5) is 0. The molecule has 2 nitrogen and oxygen atoms in total. The van der Waals surface area contributed by atoms with Gasteiger partial charge in [-0.3, -0.25) is 0 Å². The minimum atomic E-state index is -0.546. The second kappa shape index (κ2) is 13.8. The molecular weight excluding hydrogens is 292 g/mol. The average Bonchev–Trinajstić information content (AvgIpc) is 2.34. The molecule has 0 spiro atoms. The van der Waals surface area contributed by atoms with E-state index in [9.17, 15) is 5.11 Å². The van der Waals surface area contributed by atoms with Gasteiger partial charge in [0.25, 0.3) is 0 Å². The molecule has 0 aliphatic carbocycles. The summed E-state index contributed by atoms with van der Waals surface area (Å²) in [6.45, 7) is 5.22. The Labute approximate surface area is 122 Å². The summed E-state index contributed by atoms with van der Waals surface area (Å²) < 4.78 is 5.41. The van der Waals surface area contributed by atoms with Gasteiger partial charge in [0, 0.05) is 11.9 Å². The van der Waals surface area contributed by atoms with Crippen molar-refractivity contribution in [3.8, 4) is 0 Å². The van der Waals surface area contributed by atoms with Crippen molar-refractivity contribution in [2.45, 2.75) is 77.9 Å². The van der Waals surface area contributed by atoms with Crippen LogP contribution in [0.15, 0.2) is 0 Å². The van der Waals surface area contributed by atoms with Crippen LogP contribution in [0.4, 0.5) is 0 Å². The first-order valence-electron chi connectivity index (χ1n) is 7.56. The van der Waals surface area contributed by atoms with Crippen molar-refractivity contribution >= 4 is 15.9 Å². The van der Waals surface area contributed by atoms with Crippen LogP contribution in [0, 0.1) is 5.92 Å². The summed E-state index contributed by atoms with van der Waals surface area (Å²) in [6, 6.07) is 0. The lowest BCUT2D eigenvalue weighted by molar-refractivity contribution is -0.105. The zero-order valence-corrected chi connectivity index (χ0v) is 13.8. The fraction of sp³-hybridized carbons (Fsp3) is 1.00. The molecule has 2 atom stereocenters. The Hall–Kier alpha value is 0.400. The number of alkyl halides is 1. The van der Waals surface area contributed by atoms with E-state index < -0.39 is 6.29 Å². The lowest BCUT2D eigenvalue weighted by Gasteiger charge is -2.14. The van der Waals surface area contributed by atoms with E-state index in [1.165, 1.54) is 38.5 Å². The van der Waals surface area contributed by atoms with Gasteiger partial charge in [0.05, 0.1) is 0 Å². The van der Waals surface area contributed by atoms with Crippen molar-refractivity contribution in [2.24, 2.45) is 5.92 Å². The lowest BCUT2D eigenvalue weighted by Crippen LogP contribution is -2.13. The molecule has 18 heavy (non-hydrogen) atoms. The Balaban J connectivity index is 3.24. The van der Waals surface area contributed by atoms with E-state index in [1.807, 2.05) is 0 Å². The normalized spacial score (nSPS) is 14.7. The molecule has 3 heteroatoms. The van der Waals surface area contributed by atoms with Gasteiger partial charge in [-0.1, -0.05) is 61.9 Å². The van der Waals surface area contributed by atoms with E-state index in [4.69, 9.17) is 4.74 Å². The third-order valence-electron chi connectivity index (χ3n) is 3.27. The molecule has 1 N–H and O–H groups in total. The van der Waals surface area contributed by atoms with E-state index in [2.05, 4.69) is 29.8 Å². The van der Waals surface area contributed by atoms with Crippen LogP contribution in [0.5, 0.6) is 0 Å². The second-order valence-electron chi connectivity index (χ2n) is 5.25. The molecule has 0 aliphatic heterocycles. The zero-order chi connectivity index (χ0) is 13.6. The minimum absolute atomic E-state index is 0.546. The third-order valence-corrected chi connectivity index (χ3v) is 3.83. The fourth-order valence-corrected chi connectivity index (χ4v) is 2.53. The maximum absolute atomic E-state index is 9.66. The first-order valence-corrected chi connectivity index (χ1v) is 8.68. The number of halogens is 1. The number of hydrogen-bond donors (Lipinski definition) is 1. The standard InChI is InChI=1S/C15H31BrO2/c1-3-9-14(2)10-8-11-15(17)18-13-7-5-4-6-12-16/h14-15,17H,3-13H2,1-2H3. The maximum Gasteiger partial charge on any atom is 0.154 e. The summed E-state index contributed by atoms with van der Waals surface area (Å²) >= 11 is 3.42. The van der Waals surface area contributed by atoms with Crippen LogP contribution in [0.1, 0.15) is 71.6 Å². The highest BCUT2D eigenvalue weighted by Gasteiger charge is 2.06. The van der Waals surface area contributed by atoms with Crippen LogP contribution >= 0.6 is 15.9 Å². The second-order valence-corrected chi connectivity index (χ2v) is 6.05. The molecule has 0 aliphatic rings. The largest absolute Gasteiger partial charge is 0.368 e. The van der Waals surface area contributed by atoms with Gasteiger partial charge in [-0.15, -0.1) is 0 Å². The van der Waals surface area contributed by atoms with Crippen molar-refractivity contribution in [3.63, 3.8) is 0 Å². The first-order chi connectivity index (χ1) is 8.70. The molecular formula is C15H31BrO2. The van der Waals surface area contributed by atoms with Crippen LogP contribution in [0.25, 0.3) is 0 Å². The van der Waals surface area contributed by atoms with E-state index in [1.54, 1.807) is 0 Å². The fourth-order valence-electron chi connectivity index (χ4n) is 2.13. The molecule has 0 heterocycles. The molecule has 2 unspecified atom stereocenters. The van der Waals surface area contributed by atoms with Gasteiger partial charge in [-0.05, 0) is 31.6 Å². The van der Waals surface area contributed by atoms with Gasteiger partial charge >= 0.3 is 0 Å². The molecule has 0 fully saturated rings. The molecule has 0 aromatic carbocycles. The summed E-state index contributed by atoms with van der Waals surface area (Å²) in [5.74, 6) is 0.784. The highest BCUT2D eigenvalue weighted by molar-refractivity contribution is 9.09. The van der Waals surface area contributed by atoms with Crippen LogP contribution in [-0.2, 0) is 4.74 Å². The molecule has 0 amide bonds. The topological polar surface area (TPSA) is 29.5 Å². The number of unbranched alkanes of at least 4 members (excludes halogenated alkanes) is 3. The van der Waals surface area contributed by atoms with E-state index in [-0.39, 0.29) is 0 Å². The molecule has 0 rings (SSSR count). The molecule has 0 aromatic rings. The number of aliphatic hydroxyl groups is 1. The molecule has 0 radical (unpaired) electrons. The van der Waals surface area contributed by atoms with Crippen LogP contribution in [0.2, 0.25) is 0 Å². The van der Waals surface area contributed by atoms with Gasteiger partial charge in [0.2, 0.25) is 0 Å². The maximum atomic E-state index is 9.66. The van der Waals surface area contributed by atoms with Gasteiger partial charge in [-0.2, -0.15) is 0 Å². The Morgan fingerprint density at radius 1 is 1.00 bits per heavy atom. The van der Waals surface area contributed by atoms with E-state index in [0.29, 0.717) is 6.61 Å². The minimum Gasteiger partial charge on any atom is -0.368 e. The highest BCUT2D eigenvalue weighted by Crippen LogP contribution is 2.15. The monoisotopic (exact) mass is 322 g/mol. The van der Waals surface area contributed by atoms with E-state index >= 15 is 0 Å². The van der Waals surface area contributed by atoms with E-state index in [0.717, 1.165) is 30.5 Å². The Morgan fingerprint density at radius 2 is 1.72 bits per heavy atom. The van der Waals surface area contributed by atoms with Crippen molar-refractivity contribution in [2.75, 3.05) is 11.9 Å². The molecule has 0 saturated heterocycles. The number of ether oxygens (including phenoxy) is 1. The van der Waals surface area contributed by atoms with Crippen LogP contribution in [-0.4, -0.2) is 23.3 Å². The Kier molecular flexibility index (Phi) is 14.1. The summed E-state index contributed by atoms with van der Waals surface area (Å²) in [5, 5.41) is 10.8. The molecule has 0 bridgehead atoms. The van der Waals surface area contributed by atoms with Crippen molar-refractivity contribution < 1.29 is 9.84 Å². The molecule has 0 saturated carbocycles. The summed E-state index contributed by atoms with van der Waals surface area (Å²) in [7, 11) is 0. The first kappa shape index (κ1) is 18.4. The van der Waals surface area contributed by atoms with Gasteiger partial charge in [0.1, 0.15) is 0 Å². The lowest BCUT2D eigenvalue weighted by atomic mass is 9.99. The molecule has 0 aromatic heterocycles. The van der Waals surface area contributed by atoms with Crippen molar-refractivity contribution in [1.29, 1.82) is 0 Å². The smallest absolute Gasteiger partial charge is 0.154 e. The Bertz CT molecular complexity index is 165. The summed E-state index contributed by atoms with van der Waals surface area (Å²) in [6.07, 6.45) is 9.83. The van der Waals surface area contributed by atoms with Crippen molar-refractivity contribution in [1.82, 2.24) is 0 Å². The number of aliphatic hydroxyl groups excluding tert-OH is 1. The third kappa shape index (κ3) is 12.8. The molecule has 110 valence electrons. The summed E-state index contributed by atoms with van der Waals surface area (Å²) in [5.41, 5.74) is 0. The SMILES string of the molecule is CCCC(C)CCCC(O)OCCCCCCBr. The Morgan fingerprint density at radius 3 is 2.39 bits per heavy atom. The van der Waals surface area contributed by atoms with Gasteiger partial charge in [-0.25, -0.2) is 0 Å². The number of hydrogen-bond acceptors (Lipinski definition) is 2. The van der Waals surface area contributed by atoms with Gasteiger partial charge < -0.3 is 9.84 Å². The highest BCUT2D eigenvalue weighted by atomic mass is 79.9. The quantitative estimate of drug-likeness (QED) is 0.297. The van der Waals surface area contributed by atoms with Gasteiger partial charge in [0.15, 0.2) is 6.29 Å². The predicted molar refractivity (Wildman–Crippen MR) is 82.1 cm³/mol.